The monoisotopic (exact) mass is 296 g/mol. The molecule has 0 saturated carbocycles. The average molecular weight is 297 g/mol. The first-order chi connectivity index (χ1) is 9.08. The third-order valence-electron chi connectivity index (χ3n) is 2.60. The van der Waals surface area contributed by atoms with Gasteiger partial charge in [-0.05, 0) is 25.1 Å². The molecule has 0 radical (unpaired) electrons. The Morgan fingerprint density at radius 2 is 2.00 bits per heavy atom. The highest BCUT2D eigenvalue weighted by molar-refractivity contribution is 6.35. The summed E-state index contributed by atoms with van der Waals surface area (Å²) in [4.78, 5) is 4.43. The Bertz CT molecular complexity index is 588. The van der Waals surface area contributed by atoms with Gasteiger partial charge in [-0.1, -0.05) is 23.2 Å². The van der Waals surface area contributed by atoms with Crippen molar-refractivity contribution in [3.63, 3.8) is 0 Å². The number of ether oxygens (including phenoxy) is 1. The van der Waals surface area contributed by atoms with Crippen molar-refractivity contribution in [2.75, 3.05) is 12.4 Å². The standard InChI is InChI=1S/C14H14Cl2N2O/c1-9-5-12(19-2)7-11(18-9)8-17-14-6-10(15)3-4-13(14)16/h3-7,17H,8H2,1-2H3. The molecule has 1 aromatic carbocycles. The number of benzene rings is 1. The number of hydrogen-bond donors (Lipinski definition) is 1. The molecule has 0 aliphatic rings. The van der Waals surface area contributed by atoms with Crippen LogP contribution in [-0.4, -0.2) is 12.1 Å². The van der Waals surface area contributed by atoms with Crippen LogP contribution in [0.2, 0.25) is 10.0 Å². The molecule has 2 rings (SSSR count). The van der Waals surface area contributed by atoms with Gasteiger partial charge in [-0.25, -0.2) is 0 Å². The minimum absolute atomic E-state index is 0.554. The smallest absolute Gasteiger partial charge is 0.122 e. The summed E-state index contributed by atoms with van der Waals surface area (Å²) < 4.78 is 5.22. The molecule has 1 heterocycles. The lowest BCUT2D eigenvalue weighted by molar-refractivity contribution is 0.413. The van der Waals surface area contributed by atoms with Crippen LogP contribution in [0.5, 0.6) is 5.75 Å². The molecule has 0 unspecified atom stereocenters. The second kappa shape index (κ2) is 6.13. The van der Waals surface area contributed by atoms with Crippen LogP contribution in [-0.2, 0) is 6.54 Å². The molecule has 1 N–H and O–H groups in total. The number of rotatable bonds is 4. The van der Waals surface area contributed by atoms with Crippen LogP contribution in [0.4, 0.5) is 5.69 Å². The lowest BCUT2D eigenvalue weighted by atomic mass is 10.2. The molecule has 19 heavy (non-hydrogen) atoms. The van der Waals surface area contributed by atoms with Gasteiger partial charge in [0.25, 0.3) is 0 Å². The summed E-state index contributed by atoms with van der Waals surface area (Å²) in [6, 6.07) is 9.07. The van der Waals surface area contributed by atoms with Gasteiger partial charge in [0.2, 0.25) is 0 Å². The van der Waals surface area contributed by atoms with E-state index in [1.807, 2.05) is 19.1 Å². The Balaban J connectivity index is 2.14. The minimum Gasteiger partial charge on any atom is -0.497 e. The lowest BCUT2D eigenvalue weighted by Gasteiger charge is -2.10. The molecule has 0 atom stereocenters. The van der Waals surface area contributed by atoms with Gasteiger partial charge in [0.05, 0.1) is 30.1 Å². The van der Waals surface area contributed by atoms with Crippen LogP contribution in [0, 0.1) is 6.92 Å². The number of halogens is 2. The zero-order valence-corrected chi connectivity index (χ0v) is 12.2. The van der Waals surface area contributed by atoms with Gasteiger partial charge in [0.1, 0.15) is 5.75 Å². The van der Waals surface area contributed by atoms with Crippen molar-refractivity contribution < 1.29 is 4.74 Å². The van der Waals surface area contributed by atoms with Crippen LogP contribution in [0.25, 0.3) is 0 Å². The largest absolute Gasteiger partial charge is 0.497 e. The van der Waals surface area contributed by atoms with E-state index in [0.29, 0.717) is 16.6 Å². The molecule has 100 valence electrons. The maximum atomic E-state index is 6.09. The normalized spacial score (nSPS) is 10.3. The molecule has 0 aliphatic carbocycles. The van der Waals surface area contributed by atoms with Crippen molar-refractivity contribution in [3.8, 4) is 5.75 Å². The van der Waals surface area contributed by atoms with Crippen LogP contribution < -0.4 is 10.1 Å². The summed E-state index contributed by atoms with van der Waals surface area (Å²) in [5.74, 6) is 0.793. The van der Waals surface area contributed by atoms with E-state index in [4.69, 9.17) is 27.9 Å². The van der Waals surface area contributed by atoms with Gasteiger partial charge in [0.15, 0.2) is 0 Å². The maximum Gasteiger partial charge on any atom is 0.122 e. The molecular formula is C14H14Cl2N2O. The quantitative estimate of drug-likeness (QED) is 0.912. The Kier molecular flexibility index (Phi) is 4.51. The SMILES string of the molecule is COc1cc(C)nc(CNc2cc(Cl)ccc2Cl)c1. The number of methoxy groups -OCH3 is 1. The topological polar surface area (TPSA) is 34.1 Å². The summed E-state index contributed by atoms with van der Waals surface area (Å²) >= 11 is 12.0. The van der Waals surface area contributed by atoms with Gasteiger partial charge in [-0.2, -0.15) is 0 Å². The first kappa shape index (κ1) is 14.0. The molecule has 0 spiro atoms. The zero-order chi connectivity index (χ0) is 13.8. The minimum atomic E-state index is 0.554. The van der Waals surface area contributed by atoms with E-state index in [9.17, 15) is 0 Å². The Morgan fingerprint density at radius 3 is 2.74 bits per heavy atom. The number of anilines is 1. The number of pyridine rings is 1. The van der Waals surface area contributed by atoms with Gasteiger partial charge in [0, 0.05) is 22.8 Å². The van der Waals surface area contributed by atoms with Crippen LogP contribution in [0.3, 0.4) is 0 Å². The highest BCUT2D eigenvalue weighted by atomic mass is 35.5. The van der Waals surface area contributed by atoms with Crippen molar-refractivity contribution in [2.45, 2.75) is 13.5 Å². The maximum absolute atomic E-state index is 6.09. The van der Waals surface area contributed by atoms with Gasteiger partial charge < -0.3 is 10.1 Å². The molecule has 3 nitrogen and oxygen atoms in total. The molecule has 0 aliphatic heterocycles. The van der Waals surface area contributed by atoms with Crippen molar-refractivity contribution >= 4 is 28.9 Å². The second-order valence-corrected chi connectivity index (χ2v) is 4.96. The Labute approximate surface area is 122 Å². The van der Waals surface area contributed by atoms with Crippen LogP contribution in [0.1, 0.15) is 11.4 Å². The molecule has 0 bridgehead atoms. The molecule has 0 fully saturated rings. The van der Waals surface area contributed by atoms with Crippen molar-refractivity contribution in [3.05, 3.63) is 51.8 Å². The zero-order valence-electron chi connectivity index (χ0n) is 10.7. The summed E-state index contributed by atoms with van der Waals surface area (Å²) in [7, 11) is 1.64. The third kappa shape index (κ3) is 3.75. The van der Waals surface area contributed by atoms with Gasteiger partial charge in [-0.3, -0.25) is 4.98 Å². The summed E-state index contributed by atoms with van der Waals surface area (Å²) in [5, 5.41) is 4.48. The predicted molar refractivity (Wildman–Crippen MR) is 79.3 cm³/mol. The lowest BCUT2D eigenvalue weighted by Crippen LogP contribution is -2.03. The second-order valence-electron chi connectivity index (χ2n) is 4.12. The third-order valence-corrected chi connectivity index (χ3v) is 3.17. The van der Waals surface area contributed by atoms with Gasteiger partial charge >= 0.3 is 0 Å². The van der Waals surface area contributed by atoms with Crippen molar-refractivity contribution in [2.24, 2.45) is 0 Å². The Morgan fingerprint density at radius 1 is 1.21 bits per heavy atom. The number of nitrogens with zero attached hydrogens (tertiary/aromatic N) is 1. The Hall–Kier alpha value is -1.45. The highest BCUT2D eigenvalue weighted by Crippen LogP contribution is 2.26. The first-order valence-electron chi connectivity index (χ1n) is 5.79. The molecule has 2 aromatic rings. The van der Waals surface area contributed by atoms with E-state index in [0.717, 1.165) is 22.8 Å². The van der Waals surface area contributed by atoms with E-state index in [-0.39, 0.29) is 0 Å². The van der Waals surface area contributed by atoms with E-state index in [1.165, 1.54) is 0 Å². The summed E-state index contributed by atoms with van der Waals surface area (Å²) in [6.07, 6.45) is 0. The molecule has 5 heteroatoms. The summed E-state index contributed by atoms with van der Waals surface area (Å²) in [5.41, 5.74) is 2.58. The summed E-state index contributed by atoms with van der Waals surface area (Å²) in [6.45, 7) is 2.48. The van der Waals surface area contributed by atoms with E-state index < -0.39 is 0 Å². The van der Waals surface area contributed by atoms with Crippen LogP contribution in [0.15, 0.2) is 30.3 Å². The van der Waals surface area contributed by atoms with E-state index in [2.05, 4.69) is 10.3 Å². The molecular weight excluding hydrogens is 283 g/mol. The van der Waals surface area contributed by atoms with E-state index in [1.54, 1.807) is 25.3 Å². The average Bonchev–Trinajstić information content (AvgIpc) is 2.39. The molecule has 1 aromatic heterocycles. The van der Waals surface area contributed by atoms with Crippen molar-refractivity contribution in [1.29, 1.82) is 0 Å². The molecule has 0 amide bonds. The van der Waals surface area contributed by atoms with Crippen LogP contribution >= 0.6 is 23.2 Å². The van der Waals surface area contributed by atoms with Gasteiger partial charge in [-0.15, -0.1) is 0 Å². The fraction of sp³-hybridized carbons (Fsp3) is 0.214. The highest BCUT2D eigenvalue weighted by Gasteiger charge is 2.04. The molecule has 0 saturated heterocycles. The fourth-order valence-corrected chi connectivity index (χ4v) is 2.09. The number of nitrogens with one attached hydrogen (secondary N) is 1. The number of hydrogen-bond acceptors (Lipinski definition) is 3. The number of aryl methyl sites for hydroxylation is 1. The van der Waals surface area contributed by atoms with E-state index >= 15 is 0 Å². The first-order valence-corrected chi connectivity index (χ1v) is 6.54. The predicted octanol–water partition coefficient (Wildman–Crippen LogP) is 4.32. The van der Waals surface area contributed by atoms with Crippen molar-refractivity contribution in [1.82, 2.24) is 4.98 Å². The fourth-order valence-electron chi connectivity index (χ4n) is 1.73. The number of aromatic nitrogens is 1.